The summed E-state index contributed by atoms with van der Waals surface area (Å²) in [4.78, 5) is 0. The van der Waals surface area contributed by atoms with Crippen molar-refractivity contribution in [3.05, 3.63) is 11.6 Å². The van der Waals surface area contributed by atoms with Gasteiger partial charge in [-0.2, -0.15) is 0 Å². The summed E-state index contributed by atoms with van der Waals surface area (Å²) in [6, 6.07) is 0. The second-order valence-corrected chi connectivity index (χ2v) is 7.00. The van der Waals surface area contributed by atoms with E-state index in [1.54, 1.807) is 0 Å². The van der Waals surface area contributed by atoms with Gasteiger partial charge >= 0.3 is 0 Å². The van der Waals surface area contributed by atoms with Gasteiger partial charge in [-0.3, -0.25) is 0 Å². The van der Waals surface area contributed by atoms with E-state index < -0.39 is 16.9 Å². The van der Waals surface area contributed by atoms with Crippen molar-refractivity contribution in [1.82, 2.24) is 0 Å². The van der Waals surface area contributed by atoms with Gasteiger partial charge in [-0.1, -0.05) is 18.6 Å². The van der Waals surface area contributed by atoms with Crippen LogP contribution in [0.3, 0.4) is 0 Å². The van der Waals surface area contributed by atoms with Crippen LogP contribution in [0.4, 0.5) is 0 Å². The Labute approximate surface area is 113 Å². The molecule has 2 aliphatic carbocycles. The molecule has 2 unspecified atom stereocenters. The summed E-state index contributed by atoms with van der Waals surface area (Å²) < 4.78 is 12.0. The summed E-state index contributed by atoms with van der Waals surface area (Å²) in [5.41, 5.74) is 0.152. The monoisotopic (exact) mass is 266 g/mol. The maximum absolute atomic E-state index is 10.6. The molecule has 106 valence electrons. The van der Waals surface area contributed by atoms with Crippen LogP contribution < -0.4 is 0 Å². The average Bonchev–Trinajstić information content (AvgIpc) is 3.15. The highest BCUT2D eigenvalue weighted by molar-refractivity contribution is 5.32. The molecule has 0 radical (unpaired) electrons. The summed E-state index contributed by atoms with van der Waals surface area (Å²) in [5, 5.41) is 20.8. The van der Waals surface area contributed by atoms with E-state index in [9.17, 15) is 10.2 Å². The molecule has 4 nitrogen and oxygen atoms in total. The van der Waals surface area contributed by atoms with Crippen LogP contribution in [0.2, 0.25) is 0 Å². The molecule has 0 amide bonds. The number of aliphatic hydroxyl groups excluding tert-OH is 2. The van der Waals surface area contributed by atoms with E-state index in [0.717, 1.165) is 12.8 Å². The molecular weight excluding hydrogens is 244 g/mol. The fraction of sp³-hybridized carbons (Fsp3) is 0.867. The first-order chi connectivity index (χ1) is 9.00. The number of hydrogen-bond acceptors (Lipinski definition) is 4. The highest BCUT2D eigenvalue weighted by atomic mass is 16.6. The highest BCUT2D eigenvalue weighted by Crippen LogP contribution is 2.71. The Balaban J connectivity index is 1.89. The van der Waals surface area contributed by atoms with Gasteiger partial charge in [-0.05, 0) is 19.8 Å². The van der Waals surface area contributed by atoms with E-state index in [-0.39, 0.29) is 24.4 Å². The maximum Gasteiger partial charge on any atom is 0.126 e. The summed E-state index contributed by atoms with van der Waals surface area (Å²) in [6.07, 6.45) is 4.03. The molecule has 2 heterocycles. The van der Waals surface area contributed by atoms with Gasteiger partial charge in [0.05, 0.1) is 31.5 Å². The van der Waals surface area contributed by atoms with Gasteiger partial charge in [0.15, 0.2) is 0 Å². The molecule has 4 aliphatic rings. The minimum absolute atomic E-state index is 0.0284. The molecule has 4 rings (SSSR count). The third-order valence-corrected chi connectivity index (χ3v) is 6.53. The van der Waals surface area contributed by atoms with Crippen LogP contribution in [0, 0.1) is 10.8 Å². The SMILES string of the molecule is CC1=C[C@H]2O[C@@H]3C[C@@H](O)C(C)(C34CO4)[C@@]2(CO)CC1. The van der Waals surface area contributed by atoms with Crippen molar-refractivity contribution in [2.45, 2.75) is 57.0 Å². The highest BCUT2D eigenvalue weighted by Gasteiger charge is 2.81. The van der Waals surface area contributed by atoms with Gasteiger partial charge in [0.25, 0.3) is 0 Å². The van der Waals surface area contributed by atoms with Crippen molar-refractivity contribution >= 4 is 0 Å². The van der Waals surface area contributed by atoms with Gasteiger partial charge in [-0.25, -0.2) is 0 Å². The van der Waals surface area contributed by atoms with E-state index in [4.69, 9.17) is 9.47 Å². The van der Waals surface area contributed by atoms with Crippen molar-refractivity contribution in [2.75, 3.05) is 13.2 Å². The molecule has 2 aliphatic heterocycles. The number of aliphatic hydroxyl groups is 2. The third kappa shape index (κ3) is 1.13. The Morgan fingerprint density at radius 1 is 1.47 bits per heavy atom. The third-order valence-electron chi connectivity index (χ3n) is 6.53. The smallest absolute Gasteiger partial charge is 0.126 e. The molecule has 2 bridgehead atoms. The van der Waals surface area contributed by atoms with Gasteiger partial charge in [0.1, 0.15) is 5.60 Å². The largest absolute Gasteiger partial charge is 0.396 e. The van der Waals surface area contributed by atoms with E-state index in [2.05, 4.69) is 19.9 Å². The molecule has 0 aromatic carbocycles. The normalized spacial score (nSPS) is 58.9. The number of rotatable bonds is 1. The second kappa shape index (κ2) is 3.42. The van der Waals surface area contributed by atoms with E-state index in [0.29, 0.717) is 13.0 Å². The minimum atomic E-state index is -0.455. The lowest BCUT2D eigenvalue weighted by Crippen LogP contribution is -2.66. The molecular formula is C15H22O4. The van der Waals surface area contributed by atoms with Crippen molar-refractivity contribution in [3.8, 4) is 0 Å². The first-order valence-electron chi connectivity index (χ1n) is 7.26. The molecule has 19 heavy (non-hydrogen) atoms. The van der Waals surface area contributed by atoms with Crippen LogP contribution in [0.1, 0.15) is 33.1 Å². The van der Waals surface area contributed by atoms with E-state index >= 15 is 0 Å². The summed E-state index contributed by atoms with van der Waals surface area (Å²) in [6.45, 7) is 4.92. The lowest BCUT2D eigenvalue weighted by Gasteiger charge is -2.58. The second-order valence-electron chi connectivity index (χ2n) is 7.00. The standard InChI is InChI=1S/C15H22O4/c1-9-3-4-14(7-16)11(5-9)19-12-6-10(17)13(14,2)15(12)8-18-15/h5,10-12,16-17H,3-4,6-8H2,1-2H3/t10-,11-,12-,13?,14-,15?/m1/s1. The molecule has 0 aromatic rings. The Hall–Kier alpha value is -0.420. The van der Waals surface area contributed by atoms with Gasteiger partial charge in [0.2, 0.25) is 0 Å². The van der Waals surface area contributed by atoms with Gasteiger partial charge < -0.3 is 19.7 Å². The zero-order chi connectivity index (χ0) is 13.5. The predicted molar refractivity (Wildman–Crippen MR) is 68.6 cm³/mol. The Morgan fingerprint density at radius 2 is 2.21 bits per heavy atom. The molecule has 2 N–H and O–H groups in total. The Kier molecular flexibility index (Phi) is 2.22. The molecule has 4 heteroatoms. The zero-order valence-electron chi connectivity index (χ0n) is 11.6. The summed E-state index contributed by atoms with van der Waals surface area (Å²) in [5.74, 6) is 0. The number of epoxide rings is 1. The molecule has 0 aromatic heterocycles. The molecule has 1 saturated carbocycles. The van der Waals surface area contributed by atoms with E-state index in [1.165, 1.54) is 5.57 Å². The quantitative estimate of drug-likeness (QED) is 0.549. The van der Waals surface area contributed by atoms with Crippen molar-refractivity contribution in [3.63, 3.8) is 0 Å². The van der Waals surface area contributed by atoms with Crippen LogP contribution in [0.15, 0.2) is 11.6 Å². The number of hydrogen-bond donors (Lipinski definition) is 2. The van der Waals surface area contributed by atoms with Crippen LogP contribution in [-0.2, 0) is 9.47 Å². The van der Waals surface area contributed by atoms with Crippen LogP contribution in [-0.4, -0.2) is 47.3 Å². The first-order valence-corrected chi connectivity index (χ1v) is 7.26. The maximum atomic E-state index is 10.6. The Morgan fingerprint density at radius 3 is 2.84 bits per heavy atom. The number of ether oxygens (including phenoxy) is 2. The van der Waals surface area contributed by atoms with Crippen molar-refractivity contribution in [1.29, 1.82) is 0 Å². The summed E-state index contributed by atoms with van der Waals surface area (Å²) in [7, 11) is 0. The van der Waals surface area contributed by atoms with Gasteiger partial charge in [-0.15, -0.1) is 0 Å². The average molecular weight is 266 g/mol. The minimum Gasteiger partial charge on any atom is -0.396 e. The molecule has 6 atom stereocenters. The fourth-order valence-electron chi connectivity index (χ4n) is 5.03. The predicted octanol–water partition coefficient (Wildman–Crippen LogP) is 1.01. The van der Waals surface area contributed by atoms with Gasteiger partial charge in [0, 0.05) is 17.3 Å². The van der Waals surface area contributed by atoms with Crippen LogP contribution >= 0.6 is 0 Å². The molecule has 2 saturated heterocycles. The Bertz CT molecular complexity index is 455. The first kappa shape index (κ1) is 12.3. The van der Waals surface area contributed by atoms with Crippen LogP contribution in [0.5, 0.6) is 0 Å². The summed E-state index contributed by atoms with van der Waals surface area (Å²) >= 11 is 0. The lowest BCUT2D eigenvalue weighted by molar-refractivity contribution is -0.225. The fourth-order valence-corrected chi connectivity index (χ4v) is 5.03. The molecule has 1 spiro atoms. The molecule has 3 fully saturated rings. The topological polar surface area (TPSA) is 62.2 Å². The van der Waals surface area contributed by atoms with E-state index in [1.807, 2.05) is 0 Å². The zero-order valence-corrected chi connectivity index (χ0v) is 11.6. The van der Waals surface area contributed by atoms with Crippen molar-refractivity contribution < 1.29 is 19.7 Å². The lowest BCUT2D eigenvalue weighted by atomic mass is 9.51. The van der Waals surface area contributed by atoms with Crippen molar-refractivity contribution in [2.24, 2.45) is 10.8 Å². The van der Waals surface area contributed by atoms with Crippen LogP contribution in [0.25, 0.3) is 0 Å². The number of allylic oxidation sites excluding steroid dienone is 1. The number of fused-ring (bicyclic) bond motifs is 2.